The van der Waals surface area contributed by atoms with Gasteiger partial charge in [-0.15, -0.1) is 0 Å². The Morgan fingerprint density at radius 3 is 2.55 bits per heavy atom. The lowest BCUT2D eigenvalue weighted by molar-refractivity contribution is 0.0910. The number of nitrogens with zero attached hydrogens (tertiary/aromatic N) is 1. The van der Waals surface area contributed by atoms with E-state index in [4.69, 9.17) is 0 Å². The number of carbonyl (C=O) groups is 2. The molecule has 0 atom stereocenters. The van der Waals surface area contributed by atoms with Gasteiger partial charge in [0.05, 0.1) is 4.90 Å². The molecule has 1 aromatic heterocycles. The molecule has 1 aliphatic heterocycles. The Morgan fingerprint density at radius 1 is 1.13 bits per heavy atom. The molecule has 2 aliphatic rings. The van der Waals surface area contributed by atoms with Crippen LogP contribution in [-0.4, -0.2) is 42.5 Å². The number of nitrogens with one attached hydrogen (secondary N) is 2. The maximum Gasteiger partial charge on any atom is 0.272 e. The van der Waals surface area contributed by atoms with E-state index in [0.717, 1.165) is 25.0 Å². The van der Waals surface area contributed by atoms with Gasteiger partial charge in [-0.1, -0.05) is 26.3 Å². The first-order chi connectivity index (χ1) is 14.6. The first-order valence-electron chi connectivity index (χ1n) is 10.7. The van der Waals surface area contributed by atoms with Crippen molar-refractivity contribution in [3.05, 3.63) is 46.8 Å². The predicted molar refractivity (Wildman–Crippen MR) is 119 cm³/mol. The quantitative estimate of drug-likeness (QED) is 0.748. The van der Waals surface area contributed by atoms with Gasteiger partial charge in [0.1, 0.15) is 5.69 Å². The number of hydrogen-bond donors (Lipinski definition) is 2. The third-order valence-electron chi connectivity index (χ3n) is 6.17. The summed E-state index contributed by atoms with van der Waals surface area (Å²) in [6, 6.07) is 6.35. The molecule has 31 heavy (non-hydrogen) atoms. The molecular weight excluding hydrogens is 414 g/mol. The van der Waals surface area contributed by atoms with Crippen LogP contribution in [0.1, 0.15) is 71.6 Å². The van der Waals surface area contributed by atoms with Gasteiger partial charge >= 0.3 is 0 Å². The number of ketones is 1. The summed E-state index contributed by atoms with van der Waals surface area (Å²) in [5.41, 5.74) is 2.66. The molecule has 2 heterocycles. The number of hydrogen-bond acceptors (Lipinski definition) is 4. The van der Waals surface area contributed by atoms with Crippen LogP contribution < -0.4 is 5.32 Å². The predicted octanol–water partition coefficient (Wildman–Crippen LogP) is 3.91. The number of piperidine rings is 1. The fourth-order valence-electron chi connectivity index (χ4n) is 4.64. The molecule has 1 fully saturated rings. The van der Waals surface area contributed by atoms with Crippen LogP contribution >= 0.6 is 0 Å². The minimum Gasteiger partial charge on any atom is -0.354 e. The molecule has 4 rings (SSSR count). The van der Waals surface area contributed by atoms with Crippen molar-refractivity contribution in [1.82, 2.24) is 9.29 Å². The standard InChI is InChI=1S/C23H29N3O4S/c1-15-20-18(13-23(2,3)14-19(20)27)25-21(15)22(28)24-16-8-7-9-17(12-16)31(29,30)26-10-5-4-6-11-26/h7-9,12,25H,4-6,10-11,13-14H2,1-3H3,(H,24,28). The second-order valence-electron chi connectivity index (χ2n) is 9.37. The van der Waals surface area contributed by atoms with Crippen molar-refractivity contribution in [2.75, 3.05) is 18.4 Å². The molecule has 0 radical (unpaired) electrons. The zero-order valence-electron chi connectivity index (χ0n) is 18.2. The molecule has 166 valence electrons. The van der Waals surface area contributed by atoms with Gasteiger partial charge in [-0.2, -0.15) is 4.31 Å². The van der Waals surface area contributed by atoms with Crippen LogP contribution in [0.4, 0.5) is 5.69 Å². The van der Waals surface area contributed by atoms with Gasteiger partial charge in [-0.25, -0.2) is 8.42 Å². The third kappa shape index (κ3) is 4.19. The van der Waals surface area contributed by atoms with Crippen LogP contribution in [0.2, 0.25) is 0 Å². The van der Waals surface area contributed by atoms with Crippen LogP contribution in [0.25, 0.3) is 0 Å². The summed E-state index contributed by atoms with van der Waals surface area (Å²) >= 11 is 0. The summed E-state index contributed by atoms with van der Waals surface area (Å²) in [4.78, 5) is 28.9. The molecule has 0 saturated carbocycles. The van der Waals surface area contributed by atoms with Crippen molar-refractivity contribution < 1.29 is 18.0 Å². The Hall–Kier alpha value is -2.45. The van der Waals surface area contributed by atoms with E-state index in [1.807, 2.05) is 13.8 Å². The van der Waals surface area contributed by atoms with Gasteiger partial charge in [0.2, 0.25) is 10.0 Å². The van der Waals surface area contributed by atoms with Gasteiger partial charge in [0.25, 0.3) is 5.91 Å². The van der Waals surface area contributed by atoms with Crippen LogP contribution in [-0.2, 0) is 16.4 Å². The fraction of sp³-hybridized carbons (Fsp3) is 0.478. The molecular formula is C23H29N3O4S. The molecule has 1 amide bonds. The zero-order chi connectivity index (χ0) is 22.4. The summed E-state index contributed by atoms with van der Waals surface area (Å²) in [6.45, 7) is 6.90. The normalized spacial score (nSPS) is 19.1. The van der Waals surface area contributed by atoms with Gasteiger partial charge in [-0.05, 0) is 55.4 Å². The number of amides is 1. The molecule has 0 bridgehead atoms. The van der Waals surface area contributed by atoms with Gasteiger partial charge in [0.15, 0.2) is 5.78 Å². The Bertz CT molecular complexity index is 1140. The fourth-order valence-corrected chi connectivity index (χ4v) is 6.21. The number of benzene rings is 1. The lowest BCUT2D eigenvalue weighted by atomic mass is 9.75. The van der Waals surface area contributed by atoms with Crippen LogP contribution in [0.15, 0.2) is 29.2 Å². The monoisotopic (exact) mass is 443 g/mol. The van der Waals surface area contributed by atoms with Crippen molar-refractivity contribution in [1.29, 1.82) is 0 Å². The Balaban J connectivity index is 1.58. The largest absolute Gasteiger partial charge is 0.354 e. The second-order valence-corrected chi connectivity index (χ2v) is 11.3. The number of aromatic amines is 1. The number of H-pyrrole nitrogens is 1. The molecule has 1 aromatic carbocycles. The lowest BCUT2D eigenvalue weighted by Crippen LogP contribution is -2.35. The van der Waals surface area contributed by atoms with Crippen molar-refractivity contribution in [2.24, 2.45) is 5.41 Å². The van der Waals surface area contributed by atoms with Crippen LogP contribution in [0.3, 0.4) is 0 Å². The van der Waals surface area contributed by atoms with Gasteiger partial charge in [-0.3, -0.25) is 9.59 Å². The summed E-state index contributed by atoms with van der Waals surface area (Å²) in [7, 11) is -3.59. The highest BCUT2D eigenvalue weighted by Gasteiger charge is 2.35. The topological polar surface area (TPSA) is 99.3 Å². The number of rotatable bonds is 4. The van der Waals surface area contributed by atoms with E-state index in [1.54, 1.807) is 25.1 Å². The first-order valence-corrected chi connectivity index (χ1v) is 12.2. The van der Waals surface area contributed by atoms with E-state index in [-0.39, 0.29) is 22.0 Å². The number of fused-ring (bicyclic) bond motifs is 1. The van der Waals surface area contributed by atoms with E-state index in [9.17, 15) is 18.0 Å². The minimum absolute atomic E-state index is 0.0497. The molecule has 1 saturated heterocycles. The van der Waals surface area contributed by atoms with Crippen LogP contribution in [0.5, 0.6) is 0 Å². The van der Waals surface area contributed by atoms with E-state index < -0.39 is 10.0 Å². The number of carbonyl (C=O) groups excluding carboxylic acids is 2. The minimum atomic E-state index is -3.59. The number of anilines is 1. The highest BCUT2D eigenvalue weighted by Crippen LogP contribution is 2.37. The van der Waals surface area contributed by atoms with Gasteiger partial charge < -0.3 is 10.3 Å². The lowest BCUT2D eigenvalue weighted by Gasteiger charge is -2.28. The summed E-state index contributed by atoms with van der Waals surface area (Å²) in [5, 5.41) is 2.79. The Morgan fingerprint density at radius 2 is 1.84 bits per heavy atom. The average Bonchev–Trinajstić information content (AvgIpc) is 3.04. The van der Waals surface area contributed by atoms with E-state index in [1.165, 1.54) is 10.4 Å². The van der Waals surface area contributed by atoms with Crippen molar-refractivity contribution in [2.45, 2.75) is 57.8 Å². The number of aromatic nitrogens is 1. The molecule has 0 unspecified atom stereocenters. The number of Topliss-reactive ketones (excluding diaryl/α,β-unsaturated/α-hetero) is 1. The van der Waals surface area contributed by atoms with E-state index in [0.29, 0.717) is 48.4 Å². The SMILES string of the molecule is Cc1c(C(=O)Nc2cccc(S(=O)(=O)N3CCCCC3)c2)[nH]c2c1C(=O)CC(C)(C)C2. The van der Waals surface area contributed by atoms with Crippen molar-refractivity contribution in [3.8, 4) is 0 Å². The maximum atomic E-state index is 13.0. The summed E-state index contributed by atoms with van der Waals surface area (Å²) in [5.74, 6) is -0.335. The molecule has 7 nitrogen and oxygen atoms in total. The second kappa shape index (κ2) is 7.91. The molecule has 1 aliphatic carbocycles. The van der Waals surface area contributed by atoms with Crippen LogP contribution in [0, 0.1) is 12.3 Å². The molecule has 2 aromatic rings. The van der Waals surface area contributed by atoms with Crippen molar-refractivity contribution >= 4 is 27.4 Å². The Labute approximate surface area is 183 Å². The van der Waals surface area contributed by atoms with E-state index >= 15 is 0 Å². The summed E-state index contributed by atoms with van der Waals surface area (Å²) in [6.07, 6.45) is 3.92. The van der Waals surface area contributed by atoms with Crippen molar-refractivity contribution in [3.63, 3.8) is 0 Å². The highest BCUT2D eigenvalue weighted by atomic mass is 32.2. The molecule has 2 N–H and O–H groups in total. The molecule has 8 heteroatoms. The maximum absolute atomic E-state index is 13.0. The first kappa shape index (κ1) is 21.8. The Kier molecular flexibility index (Phi) is 5.55. The van der Waals surface area contributed by atoms with Gasteiger partial charge in [0, 0.05) is 36.5 Å². The number of sulfonamides is 1. The summed E-state index contributed by atoms with van der Waals surface area (Å²) < 4.78 is 27.4. The third-order valence-corrected chi connectivity index (χ3v) is 8.07. The van der Waals surface area contributed by atoms with E-state index in [2.05, 4.69) is 10.3 Å². The average molecular weight is 444 g/mol. The highest BCUT2D eigenvalue weighted by molar-refractivity contribution is 7.89. The molecule has 0 spiro atoms. The zero-order valence-corrected chi connectivity index (χ0v) is 19.1. The smallest absolute Gasteiger partial charge is 0.272 e.